The average molecular weight is 705 g/mol. The fourth-order valence-electron chi connectivity index (χ4n) is 5.00. The molecule has 7 nitrogen and oxygen atoms in total. The number of phenolic OH excluding ortho intramolecular Hbond substituents is 1. The quantitative estimate of drug-likeness (QED) is 0.131. The van der Waals surface area contributed by atoms with Crippen LogP contribution in [-0.2, 0) is 35.3 Å². The summed E-state index contributed by atoms with van der Waals surface area (Å²) in [5.41, 5.74) is 3.33. The maximum atomic E-state index is 12.4. The van der Waals surface area contributed by atoms with Crippen molar-refractivity contribution in [2.45, 2.75) is 104 Å². The van der Waals surface area contributed by atoms with E-state index in [-0.39, 0.29) is 42.3 Å². The molecule has 0 fully saturated rings. The Morgan fingerprint density at radius 3 is 1.47 bits per heavy atom. The van der Waals surface area contributed by atoms with Crippen molar-refractivity contribution < 1.29 is 32.9 Å². The summed E-state index contributed by atoms with van der Waals surface area (Å²) in [5.74, 6) is 1.95. The molecule has 4 aromatic carbocycles. The van der Waals surface area contributed by atoms with E-state index in [1.807, 2.05) is 60.7 Å². The number of hydrogen-bond donors (Lipinski definition) is 1. The van der Waals surface area contributed by atoms with Crippen molar-refractivity contribution in [3.63, 3.8) is 0 Å². The van der Waals surface area contributed by atoms with E-state index in [2.05, 4.69) is 67.7 Å². The Morgan fingerprint density at radius 1 is 0.551 bits per heavy atom. The van der Waals surface area contributed by atoms with Crippen molar-refractivity contribution in [3.05, 3.63) is 89.0 Å². The summed E-state index contributed by atoms with van der Waals surface area (Å²) >= 11 is 0. The summed E-state index contributed by atoms with van der Waals surface area (Å²) in [5, 5.41) is 13.4. The first kappa shape index (κ1) is 38.3. The fourth-order valence-corrected chi connectivity index (χ4v) is 6.87. The zero-order valence-electron chi connectivity index (χ0n) is 31.6. The molecule has 0 unspecified atom stereocenters. The van der Waals surface area contributed by atoms with Gasteiger partial charge in [-0.2, -0.15) is 0 Å². The average Bonchev–Trinajstić information content (AvgIpc) is 3.04. The third-order valence-electron chi connectivity index (χ3n) is 10.3. The van der Waals surface area contributed by atoms with E-state index >= 15 is 0 Å². The van der Waals surface area contributed by atoms with E-state index in [4.69, 9.17) is 27.8 Å². The number of rotatable bonds is 14. The third-order valence-corrected chi connectivity index (χ3v) is 19.2. The summed E-state index contributed by atoms with van der Waals surface area (Å²) in [6.45, 7) is 23.1. The van der Waals surface area contributed by atoms with Crippen LogP contribution in [0.1, 0.15) is 63.8 Å². The Balaban J connectivity index is 2.02. The minimum atomic E-state index is -2.23. The maximum Gasteiger partial charge on any atom is 0.192 e. The largest absolute Gasteiger partial charge is 0.507 e. The smallest absolute Gasteiger partial charge is 0.192 e. The first-order valence-electron chi connectivity index (χ1n) is 17.0. The third kappa shape index (κ3) is 8.63. The minimum Gasteiger partial charge on any atom is -0.507 e. The lowest BCUT2D eigenvalue weighted by molar-refractivity contribution is 0.248. The highest BCUT2D eigenvalue weighted by Crippen LogP contribution is 2.53. The number of phenols is 1. The van der Waals surface area contributed by atoms with Crippen molar-refractivity contribution in [3.8, 4) is 28.7 Å². The van der Waals surface area contributed by atoms with Crippen LogP contribution in [0.4, 0.5) is 0 Å². The molecule has 4 rings (SSSR count). The van der Waals surface area contributed by atoms with E-state index in [0.29, 0.717) is 39.3 Å². The number of fused-ring (bicyclic) bond motifs is 1. The van der Waals surface area contributed by atoms with Gasteiger partial charge in [-0.05, 0) is 47.4 Å². The van der Waals surface area contributed by atoms with Crippen molar-refractivity contribution >= 4 is 27.4 Å². The molecule has 49 heavy (non-hydrogen) atoms. The summed E-state index contributed by atoms with van der Waals surface area (Å²) in [6.07, 6.45) is 0. The number of hydrogen-bond acceptors (Lipinski definition) is 7. The van der Waals surface area contributed by atoms with Crippen LogP contribution in [0.2, 0.25) is 36.3 Å². The van der Waals surface area contributed by atoms with Crippen molar-refractivity contribution in [1.29, 1.82) is 0 Å². The Bertz CT molecular complexity index is 1710. The van der Waals surface area contributed by atoms with Gasteiger partial charge in [-0.15, -0.1) is 0 Å². The van der Waals surface area contributed by atoms with Crippen LogP contribution in [0.5, 0.6) is 28.7 Å². The van der Waals surface area contributed by atoms with Gasteiger partial charge in [0.15, 0.2) is 28.1 Å². The lowest BCUT2D eigenvalue weighted by Crippen LogP contribution is -2.41. The Labute approximate surface area is 295 Å². The van der Waals surface area contributed by atoms with Gasteiger partial charge in [0.25, 0.3) is 0 Å². The van der Waals surface area contributed by atoms with E-state index in [0.717, 1.165) is 16.7 Å². The molecule has 0 bridgehead atoms. The normalized spacial score (nSPS) is 12.7. The van der Waals surface area contributed by atoms with Crippen LogP contribution in [0.25, 0.3) is 10.8 Å². The molecule has 0 saturated heterocycles. The minimum absolute atomic E-state index is 0.0252. The molecule has 0 aliphatic heterocycles. The van der Waals surface area contributed by atoms with Gasteiger partial charge < -0.3 is 32.9 Å². The molecular formula is C40H56O7Si2. The lowest BCUT2D eigenvalue weighted by atomic mass is 9.96. The standard InChI is InChI=1S/C40H56O7Si2/c1-39(2,3)48(9,10)46-26-30-31(27-47-49(11,12)40(4,5)6)37(43-8)35-34(36(30)41)32(44-24-28-19-15-13-16-20-28)23-33(42-7)38(35)45-25-29-21-17-14-18-22-29/h13-23,41H,24-27H2,1-12H3. The Kier molecular flexibility index (Phi) is 11.9. The fraction of sp³-hybridized carbons (Fsp3) is 0.450. The summed E-state index contributed by atoms with van der Waals surface area (Å²) in [6, 6.07) is 21.7. The molecular weight excluding hydrogens is 649 g/mol. The molecule has 0 aliphatic rings. The molecule has 0 atom stereocenters. The molecule has 4 aromatic rings. The number of benzene rings is 4. The van der Waals surface area contributed by atoms with E-state index < -0.39 is 16.6 Å². The van der Waals surface area contributed by atoms with Crippen LogP contribution < -0.4 is 18.9 Å². The SMILES string of the molecule is COc1cc(OCc2ccccc2)c2c(O)c(CO[Si](C)(C)C(C)(C)C)c(CO[Si](C)(C)C(C)(C)C)c(OC)c2c1OCc1ccccc1. The van der Waals surface area contributed by atoms with Gasteiger partial charge in [0.1, 0.15) is 30.5 Å². The van der Waals surface area contributed by atoms with Gasteiger partial charge >= 0.3 is 0 Å². The molecule has 266 valence electrons. The van der Waals surface area contributed by atoms with Gasteiger partial charge in [-0.25, -0.2) is 0 Å². The van der Waals surface area contributed by atoms with Crippen molar-refractivity contribution in [2.75, 3.05) is 14.2 Å². The highest BCUT2D eigenvalue weighted by molar-refractivity contribution is 6.74. The highest BCUT2D eigenvalue weighted by atomic mass is 28.4. The monoisotopic (exact) mass is 704 g/mol. The van der Waals surface area contributed by atoms with E-state index in [1.54, 1.807) is 20.3 Å². The molecule has 0 aliphatic carbocycles. The lowest BCUT2D eigenvalue weighted by Gasteiger charge is -2.37. The number of aromatic hydroxyl groups is 1. The van der Waals surface area contributed by atoms with Crippen molar-refractivity contribution in [1.82, 2.24) is 0 Å². The van der Waals surface area contributed by atoms with Crippen LogP contribution in [0.3, 0.4) is 0 Å². The Hall–Kier alpha value is -3.51. The second-order valence-corrected chi connectivity index (χ2v) is 25.3. The Morgan fingerprint density at radius 2 is 1.02 bits per heavy atom. The number of ether oxygens (including phenoxy) is 4. The molecule has 0 saturated carbocycles. The topological polar surface area (TPSA) is 75.6 Å². The molecule has 0 radical (unpaired) electrons. The predicted octanol–water partition coefficient (Wildman–Crippen LogP) is 10.8. The van der Waals surface area contributed by atoms with Gasteiger partial charge in [0.05, 0.1) is 38.2 Å². The van der Waals surface area contributed by atoms with Gasteiger partial charge in [0, 0.05) is 17.2 Å². The van der Waals surface area contributed by atoms with Crippen molar-refractivity contribution in [2.24, 2.45) is 0 Å². The molecule has 9 heteroatoms. The molecule has 0 aromatic heterocycles. The van der Waals surface area contributed by atoms with E-state index in [9.17, 15) is 5.11 Å². The second-order valence-electron chi connectivity index (χ2n) is 15.6. The zero-order valence-corrected chi connectivity index (χ0v) is 33.6. The van der Waals surface area contributed by atoms with Gasteiger partial charge in [-0.3, -0.25) is 0 Å². The van der Waals surface area contributed by atoms with E-state index in [1.165, 1.54) is 0 Å². The predicted molar refractivity (Wildman–Crippen MR) is 204 cm³/mol. The molecule has 0 amide bonds. The van der Waals surface area contributed by atoms with Crippen LogP contribution in [0, 0.1) is 0 Å². The highest BCUT2D eigenvalue weighted by Gasteiger charge is 2.40. The first-order chi connectivity index (χ1) is 22.9. The zero-order chi connectivity index (χ0) is 36.2. The number of methoxy groups -OCH3 is 2. The first-order valence-corrected chi connectivity index (χ1v) is 22.8. The van der Waals surface area contributed by atoms with Crippen LogP contribution >= 0.6 is 0 Å². The molecule has 0 spiro atoms. The van der Waals surface area contributed by atoms with Gasteiger partial charge in [0.2, 0.25) is 0 Å². The second kappa shape index (κ2) is 15.2. The summed E-state index contributed by atoms with van der Waals surface area (Å²) in [4.78, 5) is 0. The van der Waals surface area contributed by atoms with Gasteiger partial charge in [-0.1, -0.05) is 102 Å². The van der Waals surface area contributed by atoms with Crippen LogP contribution in [0.15, 0.2) is 66.7 Å². The summed E-state index contributed by atoms with van der Waals surface area (Å²) in [7, 11) is -1.20. The molecule has 0 heterocycles. The molecule has 1 N–H and O–H groups in total. The van der Waals surface area contributed by atoms with Crippen LogP contribution in [-0.4, -0.2) is 36.0 Å². The summed E-state index contributed by atoms with van der Waals surface area (Å²) < 4.78 is 38.9. The maximum absolute atomic E-state index is 12.4.